The molecular formula is C19H14Cl2N2O3S2. The van der Waals surface area contributed by atoms with Crippen LogP contribution in [-0.2, 0) is 9.59 Å². The summed E-state index contributed by atoms with van der Waals surface area (Å²) in [6.07, 6.45) is 3.45. The molecule has 0 radical (unpaired) electrons. The van der Waals surface area contributed by atoms with Gasteiger partial charge < -0.3 is 5.32 Å². The minimum atomic E-state index is -0.533. The van der Waals surface area contributed by atoms with Crippen LogP contribution in [0.4, 0.5) is 10.5 Å². The number of thioether (sulfide) groups is 2. The third-order valence-corrected chi connectivity index (χ3v) is 5.97. The van der Waals surface area contributed by atoms with E-state index < -0.39 is 17.1 Å². The second-order valence-electron chi connectivity index (χ2n) is 5.71. The van der Waals surface area contributed by atoms with Gasteiger partial charge in [-0.05, 0) is 60.0 Å². The van der Waals surface area contributed by atoms with Crippen molar-refractivity contribution in [2.24, 2.45) is 0 Å². The fourth-order valence-electron chi connectivity index (χ4n) is 2.44. The van der Waals surface area contributed by atoms with Gasteiger partial charge in [-0.1, -0.05) is 35.3 Å². The molecule has 1 fully saturated rings. The third-order valence-electron chi connectivity index (χ3n) is 3.78. The molecule has 0 bridgehead atoms. The van der Waals surface area contributed by atoms with Crippen LogP contribution in [0.5, 0.6) is 0 Å². The molecule has 1 aliphatic heterocycles. The second-order valence-corrected chi connectivity index (χ2v) is 8.43. The van der Waals surface area contributed by atoms with Gasteiger partial charge in [0.05, 0.1) is 4.91 Å². The van der Waals surface area contributed by atoms with Crippen molar-refractivity contribution in [2.75, 3.05) is 18.1 Å². The number of nitrogens with zero attached hydrogens (tertiary/aromatic N) is 1. The van der Waals surface area contributed by atoms with Crippen molar-refractivity contribution in [2.45, 2.75) is 4.90 Å². The summed E-state index contributed by atoms with van der Waals surface area (Å²) in [6.45, 7) is -0.361. The van der Waals surface area contributed by atoms with E-state index in [9.17, 15) is 14.4 Å². The Morgan fingerprint density at radius 3 is 2.71 bits per heavy atom. The Bertz CT molecular complexity index is 995. The van der Waals surface area contributed by atoms with E-state index in [4.69, 9.17) is 23.2 Å². The molecular weight excluding hydrogens is 439 g/mol. The lowest BCUT2D eigenvalue weighted by atomic mass is 10.2. The maximum atomic E-state index is 12.6. The summed E-state index contributed by atoms with van der Waals surface area (Å²) in [5.41, 5.74) is 1.17. The number of imide groups is 1. The van der Waals surface area contributed by atoms with Crippen molar-refractivity contribution < 1.29 is 14.4 Å². The predicted octanol–water partition coefficient (Wildman–Crippen LogP) is 5.39. The highest BCUT2D eigenvalue weighted by molar-refractivity contribution is 8.18. The van der Waals surface area contributed by atoms with E-state index in [2.05, 4.69) is 5.32 Å². The molecule has 0 spiro atoms. The summed E-state index contributed by atoms with van der Waals surface area (Å²) >= 11 is 14.3. The molecule has 1 heterocycles. The topological polar surface area (TPSA) is 66.5 Å². The highest BCUT2D eigenvalue weighted by atomic mass is 35.5. The Morgan fingerprint density at radius 2 is 2.00 bits per heavy atom. The Kier molecular flexibility index (Phi) is 6.72. The van der Waals surface area contributed by atoms with Crippen molar-refractivity contribution in [3.05, 3.63) is 63.0 Å². The molecule has 0 aliphatic carbocycles. The van der Waals surface area contributed by atoms with Crippen molar-refractivity contribution in [3.63, 3.8) is 0 Å². The summed E-state index contributed by atoms with van der Waals surface area (Å²) in [4.78, 5) is 39.1. The number of nitrogens with one attached hydrogen (secondary N) is 1. The zero-order valence-electron chi connectivity index (χ0n) is 14.6. The number of hydrogen-bond acceptors (Lipinski definition) is 5. The van der Waals surface area contributed by atoms with Crippen LogP contribution in [0.3, 0.4) is 0 Å². The normalized spacial score (nSPS) is 15.4. The lowest BCUT2D eigenvalue weighted by Crippen LogP contribution is -2.36. The monoisotopic (exact) mass is 452 g/mol. The van der Waals surface area contributed by atoms with Gasteiger partial charge >= 0.3 is 0 Å². The average molecular weight is 453 g/mol. The fourth-order valence-corrected chi connectivity index (χ4v) is 4.19. The van der Waals surface area contributed by atoms with Crippen LogP contribution in [0.2, 0.25) is 10.0 Å². The number of carbonyl (C=O) groups is 3. The van der Waals surface area contributed by atoms with E-state index in [1.807, 2.05) is 24.5 Å². The zero-order chi connectivity index (χ0) is 20.3. The van der Waals surface area contributed by atoms with Crippen LogP contribution in [0, 0.1) is 0 Å². The SMILES string of the molecule is CSc1cccc(NC(=O)CN2C(=O)S/C(=C/c3ccc(Cl)cc3Cl)C2=O)c1. The number of carbonyl (C=O) groups excluding carboxylic acids is 3. The number of anilines is 1. The standard InChI is InChI=1S/C19H14Cl2N2O3S2/c1-27-14-4-2-3-13(9-14)22-17(24)10-23-18(25)16(28-19(23)26)7-11-5-6-12(20)8-15(11)21/h2-9H,10H2,1H3,(H,22,24)/b16-7+. The summed E-state index contributed by atoms with van der Waals surface area (Å²) in [5, 5.41) is 3.03. The molecule has 5 nitrogen and oxygen atoms in total. The van der Waals surface area contributed by atoms with E-state index in [0.29, 0.717) is 21.3 Å². The Morgan fingerprint density at radius 1 is 1.21 bits per heavy atom. The first-order valence-corrected chi connectivity index (χ1v) is 10.8. The smallest absolute Gasteiger partial charge is 0.294 e. The van der Waals surface area contributed by atoms with E-state index >= 15 is 0 Å². The molecule has 2 aromatic carbocycles. The maximum absolute atomic E-state index is 12.6. The first-order valence-electron chi connectivity index (χ1n) is 8.01. The van der Waals surface area contributed by atoms with Crippen molar-refractivity contribution in [3.8, 4) is 0 Å². The van der Waals surface area contributed by atoms with Crippen molar-refractivity contribution in [1.29, 1.82) is 0 Å². The number of hydrogen-bond donors (Lipinski definition) is 1. The molecule has 1 aliphatic rings. The summed E-state index contributed by atoms with van der Waals surface area (Å²) in [7, 11) is 0. The fraction of sp³-hybridized carbons (Fsp3) is 0.105. The first kappa shape index (κ1) is 20.8. The summed E-state index contributed by atoms with van der Waals surface area (Å²) < 4.78 is 0. The molecule has 0 atom stereocenters. The predicted molar refractivity (Wildman–Crippen MR) is 116 cm³/mol. The van der Waals surface area contributed by atoms with Gasteiger partial charge in [0.1, 0.15) is 6.54 Å². The van der Waals surface area contributed by atoms with Crippen molar-refractivity contribution in [1.82, 2.24) is 4.90 Å². The van der Waals surface area contributed by atoms with E-state index in [1.165, 1.54) is 6.08 Å². The van der Waals surface area contributed by atoms with Gasteiger partial charge in [0.25, 0.3) is 11.1 Å². The van der Waals surface area contributed by atoms with E-state index in [1.54, 1.807) is 36.0 Å². The van der Waals surface area contributed by atoms with Gasteiger partial charge in [0.2, 0.25) is 5.91 Å². The van der Waals surface area contributed by atoms with Crippen LogP contribution >= 0.6 is 46.7 Å². The van der Waals surface area contributed by atoms with Crippen LogP contribution in [0.25, 0.3) is 6.08 Å². The number of halogens is 2. The minimum Gasteiger partial charge on any atom is -0.324 e. The average Bonchev–Trinajstić information content (AvgIpc) is 2.91. The molecule has 2 aromatic rings. The molecule has 3 amide bonds. The summed E-state index contributed by atoms with van der Waals surface area (Å²) in [5.74, 6) is -0.986. The van der Waals surface area contributed by atoms with Gasteiger partial charge in [-0.15, -0.1) is 11.8 Å². The molecule has 9 heteroatoms. The molecule has 1 N–H and O–H groups in total. The molecule has 0 aromatic heterocycles. The van der Waals surface area contributed by atoms with Gasteiger partial charge in [0.15, 0.2) is 0 Å². The van der Waals surface area contributed by atoms with Gasteiger partial charge in [-0.25, -0.2) is 0 Å². The van der Waals surface area contributed by atoms with Crippen LogP contribution in [-0.4, -0.2) is 34.8 Å². The largest absolute Gasteiger partial charge is 0.324 e. The van der Waals surface area contributed by atoms with Gasteiger partial charge in [0, 0.05) is 20.6 Å². The Balaban J connectivity index is 1.71. The second kappa shape index (κ2) is 9.05. The van der Waals surface area contributed by atoms with Gasteiger partial charge in [-0.2, -0.15) is 0 Å². The Hall–Kier alpha value is -1.93. The molecule has 144 valence electrons. The quantitative estimate of drug-likeness (QED) is 0.486. The van der Waals surface area contributed by atoms with Crippen LogP contribution < -0.4 is 5.32 Å². The maximum Gasteiger partial charge on any atom is 0.294 e. The Labute approximate surface area is 180 Å². The first-order chi connectivity index (χ1) is 13.4. The molecule has 1 saturated heterocycles. The molecule has 3 rings (SSSR count). The highest BCUT2D eigenvalue weighted by Gasteiger charge is 2.36. The van der Waals surface area contributed by atoms with Crippen molar-refractivity contribution >= 4 is 75.5 Å². The number of benzene rings is 2. The highest BCUT2D eigenvalue weighted by Crippen LogP contribution is 2.34. The number of amides is 3. The number of rotatable bonds is 5. The lowest BCUT2D eigenvalue weighted by molar-refractivity contribution is -0.127. The van der Waals surface area contributed by atoms with E-state index in [0.717, 1.165) is 21.6 Å². The summed E-state index contributed by atoms with van der Waals surface area (Å²) in [6, 6.07) is 12.1. The lowest BCUT2D eigenvalue weighted by Gasteiger charge is -2.12. The minimum absolute atomic E-state index is 0.200. The van der Waals surface area contributed by atoms with Crippen LogP contribution in [0.15, 0.2) is 52.3 Å². The zero-order valence-corrected chi connectivity index (χ0v) is 17.7. The molecule has 28 heavy (non-hydrogen) atoms. The van der Waals surface area contributed by atoms with Crippen LogP contribution in [0.1, 0.15) is 5.56 Å². The third kappa shape index (κ3) is 4.91. The molecule has 0 unspecified atom stereocenters. The molecule has 0 saturated carbocycles. The van der Waals surface area contributed by atoms with E-state index in [-0.39, 0.29) is 11.4 Å². The van der Waals surface area contributed by atoms with Gasteiger partial charge in [-0.3, -0.25) is 19.3 Å².